The molecule has 0 saturated heterocycles. The van der Waals surface area contributed by atoms with Gasteiger partial charge >= 0.3 is 0 Å². The highest BCUT2D eigenvalue weighted by Gasteiger charge is 2.25. The molecule has 20 heavy (non-hydrogen) atoms. The molecule has 1 N–H and O–H groups in total. The highest BCUT2D eigenvalue weighted by Crippen LogP contribution is 2.24. The fraction of sp³-hybridized carbons (Fsp3) is 0.231. The molecule has 0 aliphatic carbocycles. The summed E-state index contributed by atoms with van der Waals surface area (Å²) in [6.07, 6.45) is 0.555. The van der Waals surface area contributed by atoms with Crippen molar-refractivity contribution in [1.29, 1.82) is 0 Å². The van der Waals surface area contributed by atoms with E-state index in [0.29, 0.717) is 18.5 Å². The first-order valence-corrected chi connectivity index (χ1v) is 6.42. The maximum atomic E-state index is 13.6. The Kier molecular flexibility index (Phi) is 3.17. The average Bonchev–Trinajstić information content (AvgIpc) is 2.73. The first kappa shape index (κ1) is 13.1. The van der Waals surface area contributed by atoms with E-state index in [1.807, 2.05) is 0 Å². The number of carbonyl (C=O) groups excluding carboxylic acids is 1. The normalized spacial score (nSPS) is 14.1. The highest BCUT2D eigenvalue weighted by atomic mass is 35.5. The molecule has 0 radical (unpaired) electrons. The molecule has 1 aliphatic heterocycles. The van der Waals surface area contributed by atoms with E-state index in [-0.39, 0.29) is 28.9 Å². The first-order chi connectivity index (χ1) is 9.58. The van der Waals surface area contributed by atoms with Crippen LogP contribution in [0.3, 0.4) is 0 Å². The van der Waals surface area contributed by atoms with Crippen LogP contribution in [0.5, 0.6) is 0 Å². The molecule has 1 aromatic heterocycles. The van der Waals surface area contributed by atoms with Gasteiger partial charge in [0.1, 0.15) is 16.8 Å². The number of nitrogens with zero attached hydrogens (tertiary/aromatic N) is 2. The maximum absolute atomic E-state index is 13.6. The van der Waals surface area contributed by atoms with Gasteiger partial charge in [0.05, 0.1) is 6.54 Å². The SMILES string of the molecule is O=C1NCCc2c1nn(Cc1c(F)cccc1F)c2Cl. The zero-order valence-electron chi connectivity index (χ0n) is 10.3. The lowest BCUT2D eigenvalue weighted by atomic mass is 10.1. The summed E-state index contributed by atoms with van der Waals surface area (Å²) < 4.78 is 28.5. The summed E-state index contributed by atoms with van der Waals surface area (Å²) in [4.78, 5) is 11.6. The molecule has 7 heteroatoms. The Morgan fingerprint density at radius 1 is 1.35 bits per heavy atom. The first-order valence-electron chi connectivity index (χ1n) is 6.04. The molecule has 4 nitrogen and oxygen atoms in total. The summed E-state index contributed by atoms with van der Waals surface area (Å²) in [5.74, 6) is -1.65. The van der Waals surface area contributed by atoms with Gasteiger partial charge in [0.25, 0.3) is 5.91 Å². The molecule has 1 aromatic carbocycles. The van der Waals surface area contributed by atoms with Gasteiger partial charge in [-0.25, -0.2) is 13.5 Å². The molecule has 0 fully saturated rings. The average molecular weight is 298 g/mol. The summed E-state index contributed by atoms with van der Waals surface area (Å²) in [5, 5.41) is 6.94. The van der Waals surface area contributed by atoms with Crippen LogP contribution >= 0.6 is 11.6 Å². The second-order valence-electron chi connectivity index (χ2n) is 4.48. The highest BCUT2D eigenvalue weighted by molar-refractivity contribution is 6.31. The van der Waals surface area contributed by atoms with Gasteiger partial charge in [-0.15, -0.1) is 0 Å². The van der Waals surface area contributed by atoms with Crippen LogP contribution in [-0.2, 0) is 13.0 Å². The molecule has 0 saturated carbocycles. The Labute approximate surface area is 118 Å². The van der Waals surface area contributed by atoms with E-state index in [1.54, 1.807) is 0 Å². The lowest BCUT2D eigenvalue weighted by Gasteiger charge is -2.10. The number of hydrogen-bond acceptors (Lipinski definition) is 2. The van der Waals surface area contributed by atoms with Crippen molar-refractivity contribution in [2.75, 3.05) is 6.54 Å². The number of rotatable bonds is 2. The van der Waals surface area contributed by atoms with E-state index in [0.717, 1.165) is 0 Å². The van der Waals surface area contributed by atoms with E-state index in [9.17, 15) is 13.6 Å². The van der Waals surface area contributed by atoms with Gasteiger partial charge in [-0.3, -0.25) is 4.79 Å². The third-order valence-electron chi connectivity index (χ3n) is 3.23. The Balaban J connectivity index is 2.02. The molecule has 0 atom stereocenters. The fourth-order valence-electron chi connectivity index (χ4n) is 2.21. The number of carbonyl (C=O) groups is 1. The zero-order chi connectivity index (χ0) is 14.3. The molecule has 3 rings (SSSR count). The molecule has 0 bridgehead atoms. The minimum absolute atomic E-state index is 0.130. The van der Waals surface area contributed by atoms with E-state index < -0.39 is 11.6 Å². The van der Waals surface area contributed by atoms with Gasteiger partial charge in [-0.1, -0.05) is 17.7 Å². The summed E-state index contributed by atoms with van der Waals surface area (Å²) >= 11 is 6.14. The van der Waals surface area contributed by atoms with E-state index in [1.165, 1.54) is 22.9 Å². The smallest absolute Gasteiger partial charge is 0.272 e. The van der Waals surface area contributed by atoms with Crippen molar-refractivity contribution in [2.24, 2.45) is 0 Å². The lowest BCUT2D eigenvalue weighted by molar-refractivity contribution is 0.0940. The number of hydrogen-bond donors (Lipinski definition) is 1. The van der Waals surface area contributed by atoms with E-state index >= 15 is 0 Å². The van der Waals surface area contributed by atoms with Gasteiger partial charge in [-0.2, -0.15) is 5.10 Å². The Bertz CT molecular complexity index is 679. The Hall–Kier alpha value is -1.95. The summed E-state index contributed by atoms with van der Waals surface area (Å²) in [7, 11) is 0. The Morgan fingerprint density at radius 2 is 2.05 bits per heavy atom. The van der Waals surface area contributed by atoms with E-state index in [2.05, 4.69) is 10.4 Å². The van der Waals surface area contributed by atoms with Gasteiger partial charge in [0.2, 0.25) is 0 Å². The van der Waals surface area contributed by atoms with Crippen LogP contribution in [0.1, 0.15) is 21.6 Å². The second-order valence-corrected chi connectivity index (χ2v) is 4.84. The van der Waals surface area contributed by atoms with Gasteiger partial charge < -0.3 is 5.32 Å². The van der Waals surface area contributed by atoms with Gasteiger partial charge in [-0.05, 0) is 18.6 Å². The summed E-state index contributed by atoms with van der Waals surface area (Å²) in [5.41, 5.74) is 0.708. The van der Waals surface area contributed by atoms with Crippen LogP contribution in [0.4, 0.5) is 8.78 Å². The van der Waals surface area contributed by atoms with Crippen LogP contribution in [0, 0.1) is 11.6 Å². The monoisotopic (exact) mass is 297 g/mol. The molecular weight excluding hydrogens is 288 g/mol. The molecule has 104 valence electrons. The van der Waals surface area contributed by atoms with Crippen molar-refractivity contribution in [3.05, 3.63) is 51.8 Å². The quantitative estimate of drug-likeness (QED) is 0.923. The number of nitrogens with one attached hydrogen (secondary N) is 1. The molecule has 2 heterocycles. The predicted molar refractivity (Wildman–Crippen MR) is 68.7 cm³/mol. The third-order valence-corrected chi connectivity index (χ3v) is 3.65. The Morgan fingerprint density at radius 3 is 2.70 bits per heavy atom. The number of aromatic nitrogens is 2. The molecule has 0 spiro atoms. The standard InChI is InChI=1S/C13H10ClF2N3O/c14-12-7-4-5-17-13(20)11(7)18-19(12)6-8-9(15)2-1-3-10(8)16/h1-3H,4-6H2,(H,17,20). The molecule has 1 amide bonds. The summed E-state index contributed by atoms with van der Waals surface area (Å²) in [6.45, 7) is 0.322. The molecule has 0 unspecified atom stereocenters. The van der Waals surface area contributed by atoms with Crippen LogP contribution in [-0.4, -0.2) is 22.2 Å². The topological polar surface area (TPSA) is 46.9 Å². The van der Waals surface area contributed by atoms with Crippen molar-refractivity contribution in [3.63, 3.8) is 0 Å². The molecule has 2 aromatic rings. The van der Waals surface area contributed by atoms with E-state index in [4.69, 9.17) is 11.6 Å². The van der Waals surface area contributed by atoms with Crippen LogP contribution < -0.4 is 5.32 Å². The van der Waals surface area contributed by atoms with Crippen molar-refractivity contribution in [2.45, 2.75) is 13.0 Å². The predicted octanol–water partition coefficient (Wildman–Crippen LogP) is 2.15. The van der Waals surface area contributed by atoms with Gasteiger partial charge in [0, 0.05) is 17.7 Å². The van der Waals surface area contributed by atoms with Crippen molar-refractivity contribution < 1.29 is 13.6 Å². The molecule has 1 aliphatic rings. The number of halogens is 3. The van der Waals surface area contributed by atoms with Crippen LogP contribution in [0.25, 0.3) is 0 Å². The van der Waals surface area contributed by atoms with Crippen molar-refractivity contribution in [3.8, 4) is 0 Å². The van der Waals surface area contributed by atoms with Crippen molar-refractivity contribution in [1.82, 2.24) is 15.1 Å². The maximum Gasteiger partial charge on any atom is 0.272 e. The molecular formula is C13H10ClF2N3O. The summed E-state index contributed by atoms with van der Waals surface area (Å²) in [6, 6.07) is 3.63. The van der Waals surface area contributed by atoms with Crippen LogP contribution in [0.15, 0.2) is 18.2 Å². The van der Waals surface area contributed by atoms with Gasteiger partial charge in [0.15, 0.2) is 5.69 Å². The number of fused-ring (bicyclic) bond motifs is 1. The second kappa shape index (κ2) is 4.86. The lowest BCUT2D eigenvalue weighted by Crippen LogP contribution is -2.31. The van der Waals surface area contributed by atoms with Crippen molar-refractivity contribution >= 4 is 17.5 Å². The number of benzene rings is 1. The number of amides is 1. The zero-order valence-corrected chi connectivity index (χ0v) is 11.0. The fourth-order valence-corrected chi connectivity index (χ4v) is 2.49. The largest absolute Gasteiger partial charge is 0.350 e. The van der Waals surface area contributed by atoms with Crippen LogP contribution in [0.2, 0.25) is 5.15 Å². The third kappa shape index (κ3) is 2.06. The minimum atomic E-state index is -0.668. The minimum Gasteiger partial charge on any atom is -0.350 e.